The Hall–Kier alpha value is -1.88. The fourth-order valence-electron chi connectivity index (χ4n) is 2.17. The highest BCUT2D eigenvalue weighted by molar-refractivity contribution is 5.59. The Labute approximate surface area is 118 Å². The van der Waals surface area contributed by atoms with Crippen LogP contribution in [0.3, 0.4) is 0 Å². The van der Waals surface area contributed by atoms with Crippen LogP contribution in [0.2, 0.25) is 0 Å². The Kier molecular flexibility index (Phi) is 3.01. The predicted octanol–water partition coefficient (Wildman–Crippen LogP) is 2.72. The van der Waals surface area contributed by atoms with Gasteiger partial charge in [0.05, 0.1) is 12.6 Å². The lowest BCUT2D eigenvalue weighted by molar-refractivity contribution is 0.253. The first-order valence-electron chi connectivity index (χ1n) is 6.80. The zero-order chi connectivity index (χ0) is 14.3. The number of fused-ring (bicyclic) bond motifs is 1. The largest absolute Gasteiger partial charge is 0.493 e. The van der Waals surface area contributed by atoms with E-state index >= 15 is 0 Å². The van der Waals surface area contributed by atoms with Gasteiger partial charge in [-0.05, 0) is 29.2 Å². The van der Waals surface area contributed by atoms with Crippen LogP contribution < -0.4 is 10.5 Å². The highest BCUT2D eigenvalue weighted by Crippen LogP contribution is 2.32. The Bertz CT molecular complexity index is 628. The van der Waals surface area contributed by atoms with Crippen LogP contribution in [0.4, 0.5) is 0 Å². The van der Waals surface area contributed by atoms with Gasteiger partial charge in [-0.1, -0.05) is 25.9 Å². The second kappa shape index (κ2) is 4.59. The maximum absolute atomic E-state index is 6.14. The summed E-state index contributed by atoms with van der Waals surface area (Å²) in [5.41, 5.74) is 8.15. The molecule has 2 N–H and O–H groups in total. The van der Waals surface area contributed by atoms with Crippen molar-refractivity contribution in [1.82, 2.24) is 10.1 Å². The van der Waals surface area contributed by atoms with E-state index in [0.717, 1.165) is 24.3 Å². The molecule has 5 heteroatoms. The standard InChI is InChI=1S/C15H19N3O2/c1-15(2,3)12(16)14-17-13(18-20-14)10-4-5-11-9(8-10)6-7-19-11/h4-5,8,12H,6-7,16H2,1-3H3/t12-/m1/s1. The molecular weight excluding hydrogens is 254 g/mol. The van der Waals surface area contributed by atoms with Crippen LogP contribution in [-0.2, 0) is 6.42 Å². The molecule has 0 unspecified atom stereocenters. The van der Waals surface area contributed by atoms with E-state index in [1.807, 2.05) is 32.9 Å². The summed E-state index contributed by atoms with van der Waals surface area (Å²) in [5.74, 6) is 2.00. The molecule has 0 aliphatic carbocycles. The molecule has 0 radical (unpaired) electrons. The minimum absolute atomic E-state index is 0.115. The molecule has 5 nitrogen and oxygen atoms in total. The van der Waals surface area contributed by atoms with Crippen LogP contribution in [0.15, 0.2) is 22.7 Å². The molecular formula is C15H19N3O2. The summed E-state index contributed by atoms with van der Waals surface area (Å²) in [5, 5.41) is 4.04. The number of ether oxygens (including phenoxy) is 1. The van der Waals surface area contributed by atoms with E-state index in [4.69, 9.17) is 15.0 Å². The number of rotatable bonds is 2. The quantitative estimate of drug-likeness (QED) is 0.910. The number of hydrogen-bond acceptors (Lipinski definition) is 5. The Morgan fingerprint density at radius 1 is 1.30 bits per heavy atom. The molecule has 2 aromatic rings. The van der Waals surface area contributed by atoms with Crippen LogP contribution in [0.25, 0.3) is 11.4 Å². The highest BCUT2D eigenvalue weighted by atomic mass is 16.5. The van der Waals surface area contributed by atoms with Crippen molar-refractivity contribution in [3.63, 3.8) is 0 Å². The Balaban J connectivity index is 1.90. The third kappa shape index (κ3) is 2.29. The summed E-state index contributed by atoms with van der Waals surface area (Å²) < 4.78 is 10.8. The molecule has 1 aromatic carbocycles. The van der Waals surface area contributed by atoms with Gasteiger partial charge in [0.1, 0.15) is 5.75 Å². The second-order valence-electron chi connectivity index (χ2n) is 6.22. The molecule has 3 rings (SSSR count). The summed E-state index contributed by atoms with van der Waals surface area (Å²) in [6, 6.07) is 5.68. The summed E-state index contributed by atoms with van der Waals surface area (Å²) >= 11 is 0. The molecule has 0 bridgehead atoms. The molecule has 2 heterocycles. The van der Waals surface area contributed by atoms with Crippen molar-refractivity contribution < 1.29 is 9.26 Å². The first kappa shape index (κ1) is 13.1. The molecule has 1 aliphatic heterocycles. The van der Waals surface area contributed by atoms with Crippen LogP contribution in [-0.4, -0.2) is 16.7 Å². The lowest BCUT2D eigenvalue weighted by atomic mass is 9.87. The first-order chi connectivity index (χ1) is 9.45. The SMILES string of the molecule is CC(C)(C)[C@H](N)c1nc(-c2ccc3c(c2)CCO3)no1. The number of aromatic nitrogens is 2. The molecule has 1 aromatic heterocycles. The van der Waals surface area contributed by atoms with E-state index in [-0.39, 0.29) is 11.5 Å². The van der Waals surface area contributed by atoms with Crippen LogP contribution in [0.1, 0.15) is 38.3 Å². The fourth-order valence-corrected chi connectivity index (χ4v) is 2.17. The van der Waals surface area contributed by atoms with Gasteiger partial charge >= 0.3 is 0 Å². The zero-order valence-corrected chi connectivity index (χ0v) is 12.0. The smallest absolute Gasteiger partial charge is 0.244 e. The van der Waals surface area contributed by atoms with Gasteiger partial charge in [-0.25, -0.2) is 0 Å². The van der Waals surface area contributed by atoms with Gasteiger partial charge in [0.2, 0.25) is 11.7 Å². The average Bonchev–Trinajstić information content (AvgIpc) is 3.04. The van der Waals surface area contributed by atoms with Crippen LogP contribution >= 0.6 is 0 Å². The van der Waals surface area contributed by atoms with Gasteiger partial charge in [0.25, 0.3) is 0 Å². The van der Waals surface area contributed by atoms with E-state index in [1.165, 1.54) is 5.56 Å². The molecule has 0 fully saturated rings. The van der Waals surface area contributed by atoms with Gasteiger partial charge < -0.3 is 15.0 Å². The normalized spacial score (nSPS) is 15.8. The zero-order valence-electron chi connectivity index (χ0n) is 12.0. The summed E-state index contributed by atoms with van der Waals surface area (Å²) in [6.45, 7) is 6.89. The maximum atomic E-state index is 6.14. The average molecular weight is 273 g/mol. The molecule has 0 saturated carbocycles. The van der Waals surface area contributed by atoms with E-state index < -0.39 is 0 Å². The van der Waals surface area contributed by atoms with Gasteiger partial charge in [-0.15, -0.1) is 0 Å². The van der Waals surface area contributed by atoms with Crippen molar-refractivity contribution in [2.24, 2.45) is 11.1 Å². The van der Waals surface area contributed by atoms with Crippen LogP contribution in [0.5, 0.6) is 5.75 Å². The molecule has 106 valence electrons. The lowest BCUT2D eigenvalue weighted by Gasteiger charge is -2.23. The van der Waals surface area contributed by atoms with Crippen molar-refractivity contribution in [3.05, 3.63) is 29.7 Å². The summed E-state index contributed by atoms with van der Waals surface area (Å²) in [4.78, 5) is 4.43. The first-order valence-corrected chi connectivity index (χ1v) is 6.80. The van der Waals surface area contributed by atoms with E-state index in [9.17, 15) is 0 Å². The van der Waals surface area contributed by atoms with Gasteiger partial charge in [-0.3, -0.25) is 0 Å². The molecule has 0 saturated heterocycles. The van der Waals surface area contributed by atoms with E-state index in [1.54, 1.807) is 0 Å². The minimum atomic E-state index is -0.276. The monoisotopic (exact) mass is 273 g/mol. The molecule has 0 amide bonds. The number of nitrogens with zero attached hydrogens (tertiary/aromatic N) is 2. The Morgan fingerprint density at radius 2 is 2.10 bits per heavy atom. The maximum Gasteiger partial charge on any atom is 0.244 e. The van der Waals surface area contributed by atoms with Crippen molar-refractivity contribution in [3.8, 4) is 17.1 Å². The van der Waals surface area contributed by atoms with Gasteiger partial charge in [0.15, 0.2) is 0 Å². The highest BCUT2D eigenvalue weighted by Gasteiger charge is 2.28. The van der Waals surface area contributed by atoms with Gasteiger partial charge in [0, 0.05) is 12.0 Å². The second-order valence-corrected chi connectivity index (χ2v) is 6.22. The number of nitrogens with two attached hydrogens (primary N) is 1. The van der Waals surface area contributed by atoms with Crippen molar-refractivity contribution >= 4 is 0 Å². The van der Waals surface area contributed by atoms with Crippen molar-refractivity contribution in [1.29, 1.82) is 0 Å². The Morgan fingerprint density at radius 3 is 2.85 bits per heavy atom. The van der Waals surface area contributed by atoms with Crippen molar-refractivity contribution in [2.45, 2.75) is 33.2 Å². The lowest BCUT2D eigenvalue weighted by Crippen LogP contribution is -2.26. The van der Waals surface area contributed by atoms with E-state index in [2.05, 4.69) is 16.2 Å². The fraction of sp³-hybridized carbons (Fsp3) is 0.467. The molecule has 20 heavy (non-hydrogen) atoms. The van der Waals surface area contributed by atoms with Crippen molar-refractivity contribution in [2.75, 3.05) is 6.61 Å². The topological polar surface area (TPSA) is 74.2 Å². The van der Waals surface area contributed by atoms with Crippen LogP contribution in [0, 0.1) is 5.41 Å². The molecule has 1 aliphatic rings. The third-order valence-corrected chi connectivity index (χ3v) is 3.59. The number of hydrogen-bond donors (Lipinski definition) is 1. The third-order valence-electron chi connectivity index (χ3n) is 3.59. The predicted molar refractivity (Wildman–Crippen MR) is 75.3 cm³/mol. The van der Waals surface area contributed by atoms with E-state index in [0.29, 0.717) is 11.7 Å². The minimum Gasteiger partial charge on any atom is -0.493 e. The number of benzene rings is 1. The molecule has 1 atom stereocenters. The van der Waals surface area contributed by atoms with Gasteiger partial charge in [-0.2, -0.15) is 4.98 Å². The molecule has 0 spiro atoms. The summed E-state index contributed by atoms with van der Waals surface area (Å²) in [7, 11) is 0. The summed E-state index contributed by atoms with van der Waals surface area (Å²) in [6.07, 6.45) is 0.926.